The number of quaternary nitrogens is 1. The van der Waals surface area contributed by atoms with E-state index in [4.69, 9.17) is 17.0 Å². The highest BCUT2D eigenvalue weighted by Gasteiger charge is 2.21. The lowest BCUT2D eigenvalue weighted by atomic mass is 10.2. The molecular weight excluding hydrogens is 349 g/mol. The predicted molar refractivity (Wildman–Crippen MR) is 105 cm³/mol. The van der Waals surface area contributed by atoms with E-state index in [9.17, 15) is 4.39 Å². The molecule has 0 saturated carbocycles. The third kappa shape index (κ3) is 5.68. The molecule has 4 nitrogen and oxygen atoms in total. The van der Waals surface area contributed by atoms with Crippen LogP contribution < -0.4 is 15.0 Å². The van der Waals surface area contributed by atoms with Gasteiger partial charge < -0.3 is 19.9 Å². The summed E-state index contributed by atoms with van der Waals surface area (Å²) in [5.41, 5.74) is 1.02. The molecule has 0 aliphatic carbocycles. The van der Waals surface area contributed by atoms with Crippen molar-refractivity contribution in [3.63, 3.8) is 0 Å². The van der Waals surface area contributed by atoms with Crippen molar-refractivity contribution in [3.8, 4) is 5.75 Å². The van der Waals surface area contributed by atoms with Crippen LogP contribution in [-0.4, -0.2) is 49.3 Å². The maximum absolute atomic E-state index is 12.9. The lowest BCUT2D eigenvalue weighted by molar-refractivity contribution is -0.903. The first-order chi connectivity index (χ1) is 12.7. The monoisotopic (exact) mass is 374 g/mol. The van der Waals surface area contributed by atoms with Gasteiger partial charge in [-0.2, -0.15) is 0 Å². The highest BCUT2D eigenvalue weighted by atomic mass is 32.1. The van der Waals surface area contributed by atoms with E-state index in [1.165, 1.54) is 12.1 Å². The molecule has 0 radical (unpaired) electrons. The number of hydrogen-bond donors (Lipinski definition) is 2. The summed E-state index contributed by atoms with van der Waals surface area (Å²) in [5.74, 6) is 0.711. The van der Waals surface area contributed by atoms with Crippen molar-refractivity contribution < 1.29 is 14.0 Å². The molecule has 2 aromatic carbocycles. The number of ether oxygens (including phenoxy) is 1. The molecular formula is C20H25FN3OS+. The Labute approximate surface area is 159 Å². The van der Waals surface area contributed by atoms with Gasteiger partial charge in [-0.3, -0.25) is 0 Å². The summed E-state index contributed by atoms with van der Waals surface area (Å²) >= 11 is 5.50. The van der Waals surface area contributed by atoms with Gasteiger partial charge in [0, 0.05) is 6.54 Å². The number of halogens is 1. The molecule has 0 spiro atoms. The van der Waals surface area contributed by atoms with Crippen LogP contribution in [0.4, 0.5) is 4.39 Å². The molecule has 3 rings (SSSR count). The molecule has 0 bridgehead atoms. The van der Waals surface area contributed by atoms with Gasteiger partial charge in [0.1, 0.15) is 24.7 Å². The molecule has 0 aromatic heterocycles. The fraction of sp³-hybridized carbons (Fsp3) is 0.350. The quantitative estimate of drug-likeness (QED) is 0.750. The lowest BCUT2D eigenvalue weighted by Gasteiger charge is -2.33. The zero-order valence-electron chi connectivity index (χ0n) is 14.8. The molecule has 0 unspecified atom stereocenters. The number of nitrogens with zero attached hydrogens (tertiary/aromatic N) is 1. The van der Waals surface area contributed by atoms with E-state index in [0.717, 1.165) is 55.8 Å². The van der Waals surface area contributed by atoms with Gasteiger partial charge in [-0.15, -0.1) is 0 Å². The van der Waals surface area contributed by atoms with Crippen molar-refractivity contribution in [3.05, 3.63) is 66.0 Å². The second-order valence-electron chi connectivity index (χ2n) is 6.43. The normalized spacial score (nSPS) is 14.9. The van der Waals surface area contributed by atoms with Gasteiger partial charge in [0.25, 0.3) is 0 Å². The lowest BCUT2D eigenvalue weighted by Crippen LogP contribution is -3.15. The highest BCUT2D eigenvalue weighted by Crippen LogP contribution is 2.07. The second kappa shape index (κ2) is 9.50. The van der Waals surface area contributed by atoms with Gasteiger partial charge in [0.15, 0.2) is 5.11 Å². The molecule has 1 aliphatic heterocycles. The molecule has 2 aromatic rings. The smallest absolute Gasteiger partial charge is 0.169 e. The van der Waals surface area contributed by atoms with Crippen molar-refractivity contribution in [1.29, 1.82) is 0 Å². The first-order valence-corrected chi connectivity index (χ1v) is 9.40. The second-order valence-corrected chi connectivity index (χ2v) is 6.82. The van der Waals surface area contributed by atoms with E-state index in [2.05, 4.69) is 10.2 Å². The van der Waals surface area contributed by atoms with Crippen LogP contribution in [0.3, 0.4) is 0 Å². The number of piperazine rings is 1. The van der Waals surface area contributed by atoms with Crippen molar-refractivity contribution in [2.45, 2.75) is 6.54 Å². The molecule has 0 amide bonds. The molecule has 26 heavy (non-hydrogen) atoms. The van der Waals surface area contributed by atoms with Crippen LogP contribution in [0.25, 0.3) is 0 Å². The molecule has 6 heteroatoms. The molecule has 2 N–H and O–H groups in total. The van der Waals surface area contributed by atoms with Crippen molar-refractivity contribution in [2.24, 2.45) is 0 Å². The minimum Gasteiger partial charge on any atom is -0.488 e. The summed E-state index contributed by atoms with van der Waals surface area (Å²) in [6, 6.07) is 16.4. The van der Waals surface area contributed by atoms with E-state index in [0.29, 0.717) is 6.54 Å². The van der Waals surface area contributed by atoms with Crippen molar-refractivity contribution >= 4 is 17.3 Å². The molecule has 1 fully saturated rings. The van der Waals surface area contributed by atoms with E-state index in [1.807, 2.05) is 30.3 Å². The van der Waals surface area contributed by atoms with Gasteiger partial charge in [-0.25, -0.2) is 4.39 Å². The summed E-state index contributed by atoms with van der Waals surface area (Å²) < 4.78 is 18.7. The minimum atomic E-state index is -0.216. The van der Waals surface area contributed by atoms with Gasteiger partial charge in [-0.1, -0.05) is 30.3 Å². The Morgan fingerprint density at radius 1 is 1.08 bits per heavy atom. The molecule has 1 saturated heterocycles. The largest absolute Gasteiger partial charge is 0.488 e. The first kappa shape index (κ1) is 18.6. The Morgan fingerprint density at radius 2 is 1.77 bits per heavy atom. The molecule has 1 aliphatic rings. The zero-order valence-corrected chi connectivity index (χ0v) is 15.6. The van der Waals surface area contributed by atoms with Gasteiger partial charge in [-0.05, 0) is 42.0 Å². The number of para-hydroxylation sites is 1. The Morgan fingerprint density at radius 3 is 2.46 bits per heavy atom. The average Bonchev–Trinajstić information content (AvgIpc) is 2.69. The maximum atomic E-state index is 12.9. The predicted octanol–water partition coefficient (Wildman–Crippen LogP) is 1.48. The third-order valence-corrected chi connectivity index (χ3v) is 4.98. The van der Waals surface area contributed by atoms with E-state index < -0.39 is 0 Å². The van der Waals surface area contributed by atoms with E-state index in [-0.39, 0.29) is 5.82 Å². The van der Waals surface area contributed by atoms with E-state index >= 15 is 0 Å². The Kier molecular flexibility index (Phi) is 6.80. The van der Waals surface area contributed by atoms with Gasteiger partial charge in [0.05, 0.1) is 26.2 Å². The summed E-state index contributed by atoms with van der Waals surface area (Å²) in [6.07, 6.45) is 0. The maximum Gasteiger partial charge on any atom is 0.169 e. The summed E-state index contributed by atoms with van der Waals surface area (Å²) in [6.45, 7) is 6.33. The third-order valence-electron chi connectivity index (χ3n) is 4.58. The first-order valence-electron chi connectivity index (χ1n) is 8.99. The molecule has 138 valence electrons. The number of thiocarbonyl (C=S) groups is 1. The van der Waals surface area contributed by atoms with Crippen LogP contribution in [0.2, 0.25) is 0 Å². The number of rotatable bonds is 6. The number of hydrogen-bond acceptors (Lipinski definition) is 2. The minimum absolute atomic E-state index is 0.216. The Bertz CT molecular complexity index is 688. The van der Waals surface area contributed by atoms with Crippen LogP contribution in [0.15, 0.2) is 54.6 Å². The Hall–Kier alpha value is -2.18. The fourth-order valence-corrected chi connectivity index (χ4v) is 3.25. The average molecular weight is 375 g/mol. The summed E-state index contributed by atoms with van der Waals surface area (Å²) in [4.78, 5) is 3.75. The SMILES string of the molecule is Fc1ccc(CNC(=S)N2CC[NH+](CCOc3ccccc3)CC2)cc1. The molecule has 1 heterocycles. The zero-order chi connectivity index (χ0) is 18.2. The van der Waals surface area contributed by atoms with Crippen LogP contribution in [-0.2, 0) is 6.54 Å². The fourth-order valence-electron chi connectivity index (χ4n) is 3.00. The molecule has 0 atom stereocenters. The Balaban J connectivity index is 1.33. The van der Waals surface area contributed by atoms with E-state index in [1.54, 1.807) is 17.0 Å². The topological polar surface area (TPSA) is 28.9 Å². The highest BCUT2D eigenvalue weighted by molar-refractivity contribution is 7.80. The van der Waals surface area contributed by atoms with Gasteiger partial charge >= 0.3 is 0 Å². The number of benzene rings is 2. The van der Waals surface area contributed by atoms with Crippen LogP contribution >= 0.6 is 12.2 Å². The summed E-state index contributed by atoms with van der Waals surface area (Å²) in [5, 5.41) is 4.04. The number of nitrogens with one attached hydrogen (secondary N) is 2. The summed E-state index contributed by atoms with van der Waals surface area (Å²) in [7, 11) is 0. The standard InChI is InChI=1S/C20H24FN3OS/c21-18-8-6-17(7-9-18)16-22-20(26)24-12-10-23(11-13-24)14-15-25-19-4-2-1-3-5-19/h1-9H,10-16H2,(H,22,26)/p+1. The van der Waals surface area contributed by atoms with Crippen molar-refractivity contribution in [2.75, 3.05) is 39.3 Å². The van der Waals surface area contributed by atoms with Gasteiger partial charge in [0.2, 0.25) is 0 Å². The van der Waals surface area contributed by atoms with Crippen molar-refractivity contribution in [1.82, 2.24) is 10.2 Å². The van der Waals surface area contributed by atoms with Crippen LogP contribution in [0, 0.1) is 5.82 Å². The van der Waals surface area contributed by atoms with Crippen LogP contribution in [0.5, 0.6) is 5.75 Å². The van der Waals surface area contributed by atoms with Crippen LogP contribution in [0.1, 0.15) is 5.56 Å².